The summed E-state index contributed by atoms with van der Waals surface area (Å²) in [6.45, 7) is 15.2. The van der Waals surface area contributed by atoms with Gasteiger partial charge in [0.25, 0.3) is 5.56 Å². The Labute approximate surface area is 267 Å². The van der Waals surface area contributed by atoms with Gasteiger partial charge in [0, 0.05) is 10.9 Å². The SMILES string of the molecule is CCC(C)/C(C)=C/C(=O)c1scc(-c2cccc(-c3n[nH]c(=O)c4ccc(OC)cc34)c2)c1C(C)CC.CCCCCCC. The zero-order valence-electron chi connectivity index (χ0n) is 27.9. The highest BCUT2D eigenvalue weighted by molar-refractivity contribution is 7.13. The lowest BCUT2D eigenvalue weighted by Gasteiger charge is -2.15. The molecule has 0 fully saturated rings. The number of benzene rings is 2. The number of methoxy groups -OCH3 is 1. The molecule has 2 atom stereocenters. The van der Waals surface area contributed by atoms with Crippen molar-refractivity contribution >= 4 is 27.9 Å². The zero-order valence-corrected chi connectivity index (χ0v) is 28.7. The summed E-state index contributed by atoms with van der Waals surface area (Å²) in [7, 11) is 1.60. The van der Waals surface area contributed by atoms with Crippen LogP contribution in [0, 0.1) is 5.92 Å². The molecule has 2 aromatic heterocycles. The van der Waals surface area contributed by atoms with Crippen LogP contribution in [0.15, 0.2) is 64.3 Å². The molecule has 2 unspecified atom stereocenters. The van der Waals surface area contributed by atoms with E-state index in [4.69, 9.17) is 4.74 Å². The maximum absolute atomic E-state index is 13.4. The molecule has 0 spiro atoms. The maximum Gasteiger partial charge on any atom is 0.272 e. The number of aromatic nitrogens is 2. The Bertz CT molecular complexity index is 1610. The van der Waals surface area contributed by atoms with Crippen LogP contribution in [0.5, 0.6) is 5.75 Å². The van der Waals surface area contributed by atoms with E-state index in [1.54, 1.807) is 19.2 Å². The number of allylic oxidation sites excluding steroid dienone is 2. The molecule has 44 heavy (non-hydrogen) atoms. The van der Waals surface area contributed by atoms with Gasteiger partial charge in [0.2, 0.25) is 0 Å². The fourth-order valence-corrected chi connectivity index (χ4v) is 6.33. The smallest absolute Gasteiger partial charge is 0.272 e. The second-order valence-electron chi connectivity index (χ2n) is 11.7. The molecule has 0 aliphatic heterocycles. The Hall–Kier alpha value is -3.51. The molecule has 2 heterocycles. The molecule has 0 saturated heterocycles. The summed E-state index contributed by atoms with van der Waals surface area (Å²) in [4.78, 5) is 26.6. The van der Waals surface area contributed by atoms with Crippen molar-refractivity contribution < 1.29 is 9.53 Å². The molecule has 0 amide bonds. The Morgan fingerprint density at radius 3 is 2.30 bits per heavy atom. The third-order valence-electron chi connectivity index (χ3n) is 8.56. The minimum absolute atomic E-state index is 0.0842. The average molecular weight is 615 g/mol. The van der Waals surface area contributed by atoms with Crippen molar-refractivity contribution in [3.8, 4) is 28.1 Å². The van der Waals surface area contributed by atoms with Gasteiger partial charge in [-0.25, -0.2) is 5.10 Å². The fraction of sp³-hybridized carbons (Fsp3) is 0.447. The molecule has 4 rings (SSSR count). The number of hydrogen-bond acceptors (Lipinski definition) is 5. The molecular formula is C38H50N2O3S. The first-order valence-electron chi connectivity index (χ1n) is 16.2. The molecule has 6 heteroatoms. The molecule has 4 aromatic rings. The first kappa shape index (κ1) is 35.0. The number of ketones is 1. The Morgan fingerprint density at radius 2 is 1.66 bits per heavy atom. The van der Waals surface area contributed by atoms with E-state index >= 15 is 0 Å². The molecule has 2 aromatic carbocycles. The minimum Gasteiger partial charge on any atom is -0.497 e. The first-order valence-corrected chi connectivity index (χ1v) is 17.1. The highest BCUT2D eigenvalue weighted by atomic mass is 32.1. The lowest BCUT2D eigenvalue weighted by Crippen LogP contribution is -2.09. The van der Waals surface area contributed by atoms with E-state index in [9.17, 15) is 9.59 Å². The van der Waals surface area contributed by atoms with E-state index in [2.05, 4.69) is 69.3 Å². The standard InChI is InChI=1S/C31H34N2O3S.C7H16/c1-7-18(3)20(5)14-27(34)30-28(19(4)8-2)26(17-37-30)21-10-9-11-22(15-21)29-25-16-23(36-6)12-13-24(25)31(35)33-32-29;1-3-5-7-6-4-2/h9-19H,7-8H2,1-6H3,(H,33,35);3-7H2,1-2H3/b20-14+;. The van der Waals surface area contributed by atoms with Crippen LogP contribution in [-0.4, -0.2) is 23.1 Å². The van der Waals surface area contributed by atoms with E-state index in [0.29, 0.717) is 22.7 Å². The Balaban J connectivity index is 0.000000676. The van der Waals surface area contributed by atoms with Gasteiger partial charge in [-0.05, 0) is 84.0 Å². The van der Waals surface area contributed by atoms with Crippen LogP contribution in [0.2, 0.25) is 0 Å². The summed E-state index contributed by atoms with van der Waals surface area (Å²) in [6, 6.07) is 13.5. The average Bonchev–Trinajstić information content (AvgIpc) is 3.50. The number of H-pyrrole nitrogens is 1. The molecule has 0 saturated carbocycles. The Morgan fingerprint density at radius 1 is 0.955 bits per heavy atom. The largest absolute Gasteiger partial charge is 0.497 e. The third-order valence-corrected chi connectivity index (χ3v) is 9.57. The summed E-state index contributed by atoms with van der Waals surface area (Å²) in [5.41, 5.74) is 5.64. The summed E-state index contributed by atoms with van der Waals surface area (Å²) in [6.07, 6.45) is 10.8. The minimum atomic E-state index is -0.238. The Kier molecular flexibility index (Phi) is 13.6. The topological polar surface area (TPSA) is 72.0 Å². The molecule has 0 aliphatic rings. The number of nitrogens with zero attached hydrogens (tertiary/aromatic N) is 1. The number of thiophene rings is 1. The number of carbonyl (C=O) groups excluding carboxylic acids is 1. The molecule has 5 nitrogen and oxygen atoms in total. The van der Waals surface area contributed by atoms with Crippen LogP contribution in [0.3, 0.4) is 0 Å². The summed E-state index contributed by atoms with van der Waals surface area (Å²) < 4.78 is 5.40. The number of ether oxygens (including phenoxy) is 1. The summed E-state index contributed by atoms with van der Waals surface area (Å²) in [5.74, 6) is 1.36. The van der Waals surface area contributed by atoms with Gasteiger partial charge < -0.3 is 4.74 Å². The summed E-state index contributed by atoms with van der Waals surface area (Å²) in [5, 5.41) is 10.4. The van der Waals surface area contributed by atoms with Crippen LogP contribution in [-0.2, 0) is 0 Å². The number of hydrogen-bond donors (Lipinski definition) is 1. The van der Waals surface area contributed by atoms with Crippen LogP contribution in [0.4, 0.5) is 0 Å². The van der Waals surface area contributed by atoms with Crippen LogP contribution < -0.4 is 10.3 Å². The van der Waals surface area contributed by atoms with E-state index in [0.717, 1.165) is 50.9 Å². The van der Waals surface area contributed by atoms with E-state index < -0.39 is 0 Å². The number of fused-ring (bicyclic) bond motifs is 1. The number of unbranched alkanes of at least 4 members (excludes halogenated alkanes) is 4. The van der Waals surface area contributed by atoms with Crippen molar-refractivity contribution in [2.45, 2.75) is 99.3 Å². The van der Waals surface area contributed by atoms with Crippen LogP contribution in [0.1, 0.15) is 115 Å². The van der Waals surface area contributed by atoms with Gasteiger partial charge in [-0.1, -0.05) is 97.4 Å². The lowest BCUT2D eigenvalue weighted by atomic mass is 9.89. The number of rotatable bonds is 13. The number of carbonyl (C=O) groups is 1. The van der Waals surface area contributed by atoms with Crippen molar-refractivity contribution in [3.05, 3.63) is 80.3 Å². The van der Waals surface area contributed by atoms with E-state index in [-0.39, 0.29) is 17.3 Å². The first-order chi connectivity index (χ1) is 21.2. The van der Waals surface area contributed by atoms with Crippen molar-refractivity contribution in [2.24, 2.45) is 5.92 Å². The predicted octanol–water partition coefficient (Wildman–Crippen LogP) is 11.0. The third kappa shape index (κ3) is 8.56. The van der Waals surface area contributed by atoms with Gasteiger partial charge in [0.1, 0.15) is 5.75 Å². The van der Waals surface area contributed by atoms with E-state index in [1.807, 2.05) is 31.2 Å². The lowest BCUT2D eigenvalue weighted by molar-refractivity contribution is 0.104. The zero-order chi connectivity index (χ0) is 32.2. The van der Waals surface area contributed by atoms with Gasteiger partial charge >= 0.3 is 0 Å². The van der Waals surface area contributed by atoms with Gasteiger partial charge in [0.15, 0.2) is 5.78 Å². The maximum atomic E-state index is 13.4. The van der Waals surface area contributed by atoms with Crippen molar-refractivity contribution in [1.29, 1.82) is 0 Å². The van der Waals surface area contributed by atoms with Gasteiger partial charge in [0.05, 0.1) is 23.1 Å². The molecular weight excluding hydrogens is 564 g/mol. The van der Waals surface area contributed by atoms with Gasteiger partial charge in [-0.3, -0.25) is 9.59 Å². The van der Waals surface area contributed by atoms with Gasteiger partial charge in [-0.2, -0.15) is 5.10 Å². The predicted molar refractivity (Wildman–Crippen MR) is 188 cm³/mol. The van der Waals surface area contributed by atoms with Crippen LogP contribution in [0.25, 0.3) is 33.2 Å². The van der Waals surface area contributed by atoms with Crippen LogP contribution >= 0.6 is 11.3 Å². The van der Waals surface area contributed by atoms with Crippen molar-refractivity contribution in [1.82, 2.24) is 10.2 Å². The molecule has 0 radical (unpaired) electrons. The molecule has 1 N–H and O–H groups in total. The molecule has 0 aliphatic carbocycles. The second-order valence-corrected chi connectivity index (χ2v) is 12.6. The number of nitrogens with one attached hydrogen (secondary N) is 1. The highest BCUT2D eigenvalue weighted by Gasteiger charge is 2.22. The monoisotopic (exact) mass is 614 g/mol. The van der Waals surface area contributed by atoms with E-state index in [1.165, 1.54) is 43.4 Å². The molecule has 236 valence electrons. The van der Waals surface area contributed by atoms with Crippen molar-refractivity contribution in [2.75, 3.05) is 7.11 Å². The highest BCUT2D eigenvalue weighted by Crippen LogP contribution is 2.40. The normalized spacial score (nSPS) is 12.9. The molecule has 0 bridgehead atoms. The quantitative estimate of drug-likeness (QED) is 0.0924. The fourth-order valence-electron chi connectivity index (χ4n) is 5.21. The number of aromatic amines is 1. The van der Waals surface area contributed by atoms with Crippen molar-refractivity contribution in [3.63, 3.8) is 0 Å². The summed E-state index contributed by atoms with van der Waals surface area (Å²) >= 11 is 1.52. The van der Waals surface area contributed by atoms with Gasteiger partial charge in [-0.15, -0.1) is 11.3 Å². The second kappa shape index (κ2) is 17.1.